The molecule has 0 atom stereocenters. The van der Waals surface area contributed by atoms with E-state index in [1.807, 2.05) is 5.01 Å². The number of nitrogens with two attached hydrogens (primary N) is 1. The van der Waals surface area contributed by atoms with Gasteiger partial charge >= 0.3 is 0 Å². The second kappa shape index (κ2) is 8.50. The lowest BCUT2D eigenvalue weighted by atomic mass is 10.1. The number of morpholine rings is 1. The minimum Gasteiger partial charge on any atom is -0.379 e. The van der Waals surface area contributed by atoms with Gasteiger partial charge in [-0.2, -0.15) is 0 Å². The standard InChI is InChI=1S/C11H23N3O2/c12-6-4-2-1-3-5-11(15)13-14-7-9-16-10-8-14/h1-10,12H2,(H,13,15). The van der Waals surface area contributed by atoms with E-state index in [0.717, 1.165) is 45.3 Å². The molecule has 1 heterocycles. The summed E-state index contributed by atoms with van der Waals surface area (Å²) in [5.41, 5.74) is 8.30. The Morgan fingerprint density at radius 3 is 2.56 bits per heavy atom. The molecule has 0 aromatic heterocycles. The topological polar surface area (TPSA) is 67.6 Å². The third-order valence-electron chi connectivity index (χ3n) is 2.65. The maximum atomic E-state index is 11.5. The van der Waals surface area contributed by atoms with Gasteiger partial charge in [-0.05, 0) is 19.4 Å². The van der Waals surface area contributed by atoms with Crippen molar-refractivity contribution in [1.82, 2.24) is 10.4 Å². The highest BCUT2D eigenvalue weighted by atomic mass is 16.5. The normalized spacial score (nSPS) is 17.3. The number of hydrogen-bond donors (Lipinski definition) is 2. The van der Waals surface area contributed by atoms with Crippen LogP contribution >= 0.6 is 0 Å². The van der Waals surface area contributed by atoms with Crippen LogP contribution in [0, 0.1) is 0 Å². The summed E-state index contributed by atoms with van der Waals surface area (Å²) in [6.45, 7) is 3.74. The zero-order valence-electron chi connectivity index (χ0n) is 9.91. The largest absolute Gasteiger partial charge is 0.379 e. The number of unbranched alkanes of at least 4 members (excludes halogenated alkanes) is 3. The molecule has 1 amide bonds. The van der Waals surface area contributed by atoms with E-state index in [2.05, 4.69) is 5.43 Å². The van der Waals surface area contributed by atoms with Crippen LogP contribution in [0.2, 0.25) is 0 Å². The molecule has 0 saturated carbocycles. The Hall–Kier alpha value is -0.650. The number of ether oxygens (including phenoxy) is 1. The van der Waals surface area contributed by atoms with E-state index in [4.69, 9.17) is 10.5 Å². The van der Waals surface area contributed by atoms with E-state index < -0.39 is 0 Å². The number of carbonyl (C=O) groups excluding carboxylic acids is 1. The van der Waals surface area contributed by atoms with Gasteiger partial charge in [-0.3, -0.25) is 10.2 Å². The molecule has 0 aromatic carbocycles. The van der Waals surface area contributed by atoms with Crippen LogP contribution in [0.25, 0.3) is 0 Å². The molecule has 1 aliphatic rings. The van der Waals surface area contributed by atoms with E-state index in [1.165, 1.54) is 0 Å². The second-order valence-electron chi connectivity index (χ2n) is 4.09. The Bertz CT molecular complexity index is 194. The molecule has 1 rings (SSSR count). The van der Waals surface area contributed by atoms with Crippen LogP contribution in [-0.2, 0) is 9.53 Å². The van der Waals surface area contributed by atoms with Crippen LogP contribution in [0.15, 0.2) is 0 Å². The molecular formula is C11H23N3O2. The molecule has 1 saturated heterocycles. The molecule has 3 N–H and O–H groups in total. The quantitative estimate of drug-likeness (QED) is 0.614. The fourth-order valence-corrected chi connectivity index (χ4v) is 1.69. The average molecular weight is 229 g/mol. The van der Waals surface area contributed by atoms with Gasteiger partial charge in [-0.1, -0.05) is 12.8 Å². The fraction of sp³-hybridized carbons (Fsp3) is 0.909. The molecule has 0 bridgehead atoms. The van der Waals surface area contributed by atoms with Crippen molar-refractivity contribution in [3.8, 4) is 0 Å². The Kier molecular flexibility index (Phi) is 7.12. The minimum absolute atomic E-state index is 0.120. The Balaban J connectivity index is 1.97. The number of rotatable bonds is 7. The summed E-state index contributed by atoms with van der Waals surface area (Å²) >= 11 is 0. The van der Waals surface area contributed by atoms with Gasteiger partial charge < -0.3 is 10.5 Å². The molecule has 0 spiro atoms. The second-order valence-corrected chi connectivity index (χ2v) is 4.09. The van der Waals surface area contributed by atoms with E-state index in [1.54, 1.807) is 0 Å². The van der Waals surface area contributed by atoms with Gasteiger partial charge in [-0.25, -0.2) is 5.01 Å². The van der Waals surface area contributed by atoms with Crippen molar-refractivity contribution in [3.63, 3.8) is 0 Å². The predicted octanol–water partition coefficient (Wildman–Crippen LogP) is 0.259. The Morgan fingerprint density at radius 2 is 1.88 bits per heavy atom. The fourth-order valence-electron chi connectivity index (χ4n) is 1.69. The maximum Gasteiger partial charge on any atom is 0.234 e. The lowest BCUT2D eigenvalue weighted by Crippen LogP contribution is -2.48. The van der Waals surface area contributed by atoms with Crippen LogP contribution < -0.4 is 11.2 Å². The van der Waals surface area contributed by atoms with Gasteiger partial charge in [0, 0.05) is 19.5 Å². The molecule has 0 unspecified atom stereocenters. The SMILES string of the molecule is NCCCCCCC(=O)NN1CCOCC1. The van der Waals surface area contributed by atoms with Gasteiger partial charge in [0.25, 0.3) is 0 Å². The predicted molar refractivity (Wildman–Crippen MR) is 62.7 cm³/mol. The van der Waals surface area contributed by atoms with Gasteiger partial charge in [0.1, 0.15) is 0 Å². The van der Waals surface area contributed by atoms with Crippen molar-refractivity contribution >= 4 is 5.91 Å². The van der Waals surface area contributed by atoms with Gasteiger partial charge in [0.05, 0.1) is 13.2 Å². The van der Waals surface area contributed by atoms with Crippen molar-refractivity contribution < 1.29 is 9.53 Å². The molecule has 94 valence electrons. The van der Waals surface area contributed by atoms with Gasteiger partial charge in [-0.15, -0.1) is 0 Å². The first-order valence-electron chi connectivity index (χ1n) is 6.15. The van der Waals surface area contributed by atoms with E-state index in [9.17, 15) is 4.79 Å². The lowest BCUT2D eigenvalue weighted by molar-refractivity contribution is -0.128. The first kappa shape index (κ1) is 13.4. The number of nitrogens with zero attached hydrogens (tertiary/aromatic N) is 1. The van der Waals surface area contributed by atoms with Crippen molar-refractivity contribution in [2.75, 3.05) is 32.8 Å². The number of hydrogen-bond acceptors (Lipinski definition) is 4. The molecule has 0 aliphatic carbocycles. The van der Waals surface area contributed by atoms with Crippen molar-refractivity contribution in [2.24, 2.45) is 5.73 Å². The van der Waals surface area contributed by atoms with Crippen LogP contribution in [0.5, 0.6) is 0 Å². The zero-order chi connectivity index (χ0) is 11.6. The molecule has 5 nitrogen and oxygen atoms in total. The van der Waals surface area contributed by atoms with Crippen LogP contribution in [0.4, 0.5) is 0 Å². The zero-order valence-corrected chi connectivity index (χ0v) is 9.91. The summed E-state index contributed by atoms with van der Waals surface area (Å²) in [5, 5.41) is 1.94. The smallest absolute Gasteiger partial charge is 0.234 e. The van der Waals surface area contributed by atoms with Crippen LogP contribution in [0.1, 0.15) is 32.1 Å². The van der Waals surface area contributed by atoms with Crippen molar-refractivity contribution in [3.05, 3.63) is 0 Å². The summed E-state index contributed by atoms with van der Waals surface area (Å²) in [4.78, 5) is 11.5. The highest BCUT2D eigenvalue weighted by Crippen LogP contribution is 2.02. The van der Waals surface area contributed by atoms with Gasteiger partial charge in [0.15, 0.2) is 0 Å². The lowest BCUT2D eigenvalue weighted by Gasteiger charge is -2.26. The Labute approximate surface area is 97.3 Å². The van der Waals surface area contributed by atoms with Crippen molar-refractivity contribution in [1.29, 1.82) is 0 Å². The first-order valence-corrected chi connectivity index (χ1v) is 6.15. The monoisotopic (exact) mass is 229 g/mol. The minimum atomic E-state index is 0.120. The van der Waals surface area contributed by atoms with E-state index >= 15 is 0 Å². The number of hydrazine groups is 1. The van der Waals surface area contributed by atoms with Gasteiger partial charge in [0.2, 0.25) is 5.91 Å². The molecule has 1 aliphatic heterocycles. The molecule has 1 fully saturated rings. The van der Waals surface area contributed by atoms with E-state index in [-0.39, 0.29) is 5.91 Å². The summed E-state index contributed by atoms with van der Waals surface area (Å²) in [5.74, 6) is 0.120. The molecular weight excluding hydrogens is 206 g/mol. The third-order valence-corrected chi connectivity index (χ3v) is 2.65. The molecule has 5 heteroatoms. The average Bonchev–Trinajstić information content (AvgIpc) is 2.30. The Morgan fingerprint density at radius 1 is 1.19 bits per heavy atom. The summed E-state index contributed by atoms with van der Waals surface area (Å²) < 4.78 is 5.20. The summed E-state index contributed by atoms with van der Waals surface area (Å²) in [7, 11) is 0. The van der Waals surface area contributed by atoms with Crippen molar-refractivity contribution in [2.45, 2.75) is 32.1 Å². The molecule has 0 radical (unpaired) electrons. The molecule has 0 aromatic rings. The summed E-state index contributed by atoms with van der Waals surface area (Å²) in [6.07, 6.45) is 4.85. The highest BCUT2D eigenvalue weighted by Gasteiger charge is 2.12. The van der Waals surface area contributed by atoms with Crippen LogP contribution in [-0.4, -0.2) is 43.8 Å². The number of nitrogens with one attached hydrogen (secondary N) is 1. The maximum absolute atomic E-state index is 11.5. The van der Waals surface area contributed by atoms with E-state index in [0.29, 0.717) is 19.6 Å². The van der Waals surface area contributed by atoms with Crippen LogP contribution in [0.3, 0.4) is 0 Å². The first-order chi connectivity index (χ1) is 7.83. The number of amides is 1. The number of carbonyl (C=O) groups is 1. The molecule has 16 heavy (non-hydrogen) atoms. The third kappa shape index (κ3) is 6.05. The highest BCUT2D eigenvalue weighted by molar-refractivity contribution is 5.75. The summed E-state index contributed by atoms with van der Waals surface area (Å²) in [6, 6.07) is 0.